The van der Waals surface area contributed by atoms with Gasteiger partial charge in [0.25, 0.3) is 0 Å². The Kier molecular flexibility index (Phi) is 2.76. The molecule has 18 heavy (non-hydrogen) atoms. The standard InChI is InChI=1S/C16H23NO/c1-9(11-3-4-11)14-7-13(17)8-15(16(14)18)10(2)12-5-6-12/h7-12,18H,3-6,17H2,1-2H3/t9-,10?/m1/s1. The normalized spacial score (nSPS) is 22.8. The number of phenols is 1. The number of hydrogen-bond donors (Lipinski definition) is 2. The SMILES string of the molecule is CC(c1cc(N)cc([C@H](C)C2CC2)c1O)C1CC1. The van der Waals surface area contributed by atoms with E-state index in [-0.39, 0.29) is 0 Å². The highest BCUT2D eigenvalue weighted by molar-refractivity contribution is 5.55. The molecule has 2 heteroatoms. The van der Waals surface area contributed by atoms with Gasteiger partial charge in [0.2, 0.25) is 0 Å². The summed E-state index contributed by atoms with van der Waals surface area (Å²) >= 11 is 0. The maximum atomic E-state index is 10.6. The summed E-state index contributed by atoms with van der Waals surface area (Å²) in [5.74, 6) is 2.91. The molecule has 0 radical (unpaired) electrons. The molecule has 0 aromatic heterocycles. The summed E-state index contributed by atoms with van der Waals surface area (Å²) in [6, 6.07) is 3.95. The van der Waals surface area contributed by atoms with Crippen molar-refractivity contribution >= 4 is 5.69 Å². The quantitative estimate of drug-likeness (QED) is 0.622. The van der Waals surface area contributed by atoms with E-state index >= 15 is 0 Å². The number of nitrogens with two attached hydrogens (primary N) is 1. The molecule has 1 unspecified atom stereocenters. The third-order valence-electron chi connectivity index (χ3n) is 4.83. The van der Waals surface area contributed by atoms with Crippen LogP contribution in [-0.4, -0.2) is 5.11 Å². The van der Waals surface area contributed by atoms with Crippen molar-refractivity contribution in [2.24, 2.45) is 11.8 Å². The highest BCUT2D eigenvalue weighted by atomic mass is 16.3. The van der Waals surface area contributed by atoms with Gasteiger partial charge < -0.3 is 10.8 Å². The molecule has 1 aromatic rings. The lowest BCUT2D eigenvalue weighted by Gasteiger charge is -2.20. The van der Waals surface area contributed by atoms with Crippen LogP contribution in [0.15, 0.2) is 12.1 Å². The minimum absolute atomic E-state index is 0.443. The summed E-state index contributed by atoms with van der Waals surface area (Å²) in [7, 11) is 0. The number of nitrogen functional groups attached to an aromatic ring is 1. The fourth-order valence-corrected chi connectivity index (χ4v) is 3.10. The topological polar surface area (TPSA) is 46.2 Å². The molecule has 0 aliphatic heterocycles. The number of benzene rings is 1. The van der Waals surface area contributed by atoms with Gasteiger partial charge >= 0.3 is 0 Å². The van der Waals surface area contributed by atoms with E-state index in [2.05, 4.69) is 13.8 Å². The van der Waals surface area contributed by atoms with Crippen LogP contribution in [0.3, 0.4) is 0 Å². The van der Waals surface area contributed by atoms with Gasteiger partial charge in [0.15, 0.2) is 0 Å². The van der Waals surface area contributed by atoms with Crippen LogP contribution in [-0.2, 0) is 0 Å². The molecule has 1 aromatic carbocycles. The predicted octanol–water partition coefficient (Wildman–Crippen LogP) is 4.00. The summed E-state index contributed by atoms with van der Waals surface area (Å²) in [5.41, 5.74) is 8.98. The lowest BCUT2D eigenvalue weighted by molar-refractivity contribution is 0.443. The van der Waals surface area contributed by atoms with E-state index < -0.39 is 0 Å². The van der Waals surface area contributed by atoms with Crippen LogP contribution in [0, 0.1) is 11.8 Å². The van der Waals surface area contributed by atoms with Crippen molar-refractivity contribution < 1.29 is 5.11 Å². The number of anilines is 1. The molecule has 2 aliphatic carbocycles. The molecule has 2 atom stereocenters. The Hall–Kier alpha value is -1.18. The maximum Gasteiger partial charge on any atom is 0.122 e. The van der Waals surface area contributed by atoms with Crippen molar-refractivity contribution in [3.63, 3.8) is 0 Å². The zero-order valence-electron chi connectivity index (χ0n) is 11.3. The lowest BCUT2D eigenvalue weighted by Crippen LogP contribution is -2.04. The Morgan fingerprint density at radius 1 is 1.00 bits per heavy atom. The Bertz CT molecular complexity index is 421. The second-order valence-corrected chi connectivity index (χ2v) is 6.30. The van der Waals surface area contributed by atoms with E-state index in [1.807, 2.05) is 12.1 Å². The van der Waals surface area contributed by atoms with E-state index in [1.54, 1.807) is 0 Å². The molecule has 0 saturated heterocycles. The molecule has 3 rings (SSSR count). The maximum absolute atomic E-state index is 10.6. The summed E-state index contributed by atoms with van der Waals surface area (Å²) in [5, 5.41) is 10.6. The average molecular weight is 245 g/mol. The molecule has 0 bridgehead atoms. The molecule has 0 spiro atoms. The van der Waals surface area contributed by atoms with Crippen molar-refractivity contribution in [2.45, 2.75) is 51.4 Å². The van der Waals surface area contributed by atoms with E-state index in [9.17, 15) is 5.11 Å². The molecule has 2 nitrogen and oxygen atoms in total. The first-order chi connectivity index (χ1) is 8.58. The van der Waals surface area contributed by atoms with E-state index in [0.717, 1.165) is 28.7 Å². The number of aromatic hydroxyl groups is 1. The van der Waals surface area contributed by atoms with Crippen molar-refractivity contribution in [2.75, 3.05) is 5.73 Å². The van der Waals surface area contributed by atoms with Gasteiger partial charge in [-0.3, -0.25) is 0 Å². The van der Waals surface area contributed by atoms with Crippen LogP contribution < -0.4 is 5.73 Å². The van der Waals surface area contributed by atoms with Crippen LogP contribution in [0.1, 0.15) is 62.5 Å². The lowest BCUT2D eigenvalue weighted by atomic mass is 9.87. The van der Waals surface area contributed by atoms with Gasteiger partial charge in [-0.15, -0.1) is 0 Å². The van der Waals surface area contributed by atoms with Crippen LogP contribution in [0.5, 0.6) is 5.75 Å². The second kappa shape index (κ2) is 4.18. The first kappa shape index (κ1) is 11.9. The number of hydrogen-bond acceptors (Lipinski definition) is 2. The van der Waals surface area contributed by atoms with Gasteiger partial charge in [0.1, 0.15) is 5.75 Å². The zero-order valence-corrected chi connectivity index (χ0v) is 11.3. The summed E-state index contributed by atoms with van der Waals surface area (Å²) in [6.45, 7) is 4.44. The van der Waals surface area contributed by atoms with Crippen molar-refractivity contribution in [3.05, 3.63) is 23.3 Å². The van der Waals surface area contributed by atoms with Gasteiger partial charge in [0.05, 0.1) is 0 Å². The van der Waals surface area contributed by atoms with Crippen LogP contribution >= 0.6 is 0 Å². The average Bonchev–Trinajstić information content (AvgIpc) is 3.18. The smallest absolute Gasteiger partial charge is 0.122 e. The molecule has 2 aliphatic rings. The molecular weight excluding hydrogens is 222 g/mol. The van der Waals surface area contributed by atoms with Gasteiger partial charge in [-0.1, -0.05) is 13.8 Å². The second-order valence-electron chi connectivity index (χ2n) is 6.30. The summed E-state index contributed by atoms with van der Waals surface area (Å²) < 4.78 is 0. The Labute approximate surface area is 109 Å². The van der Waals surface area contributed by atoms with Gasteiger partial charge in [-0.2, -0.15) is 0 Å². The van der Waals surface area contributed by atoms with Crippen molar-refractivity contribution in [1.82, 2.24) is 0 Å². The zero-order chi connectivity index (χ0) is 12.9. The third kappa shape index (κ3) is 2.09. The highest BCUT2D eigenvalue weighted by Crippen LogP contribution is 2.50. The van der Waals surface area contributed by atoms with Crippen molar-refractivity contribution in [3.8, 4) is 5.75 Å². The first-order valence-electron chi connectivity index (χ1n) is 7.20. The summed E-state index contributed by atoms with van der Waals surface area (Å²) in [4.78, 5) is 0. The van der Waals surface area contributed by atoms with Gasteiger partial charge in [-0.05, 0) is 72.6 Å². The van der Waals surface area contributed by atoms with Crippen LogP contribution in [0.2, 0.25) is 0 Å². The van der Waals surface area contributed by atoms with Crippen molar-refractivity contribution in [1.29, 1.82) is 0 Å². The fraction of sp³-hybridized carbons (Fsp3) is 0.625. The molecule has 0 heterocycles. The molecule has 98 valence electrons. The fourth-order valence-electron chi connectivity index (χ4n) is 3.10. The first-order valence-corrected chi connectivity index (χ1v) is 7.20. The molecule has 2 fully saturated rings. The largest absolute Gasteiger partial charge is 0.507 e. The molecule has 0 amide bonds. The summed E-state index contributed by atoms with van der Waals surface area (Å²) in [6.07, 6.45) is 5.18. The van der Waals surface area contributed by atoms with E-state index in [4.69, 9.17) is 5.73 Å². The number of phenolic OH excluding ortho intramolecular Hbond substituents is 1. The van der Waals surface area contributed by atoms with E-state index in [1.165, 1.54) is 25.7 Å². The minimum atomic E-state index is 0.443. The van der Waals surface area contributed by atoms with Crippen LogP contribution in [0.4, 0.5) is 5.69 Å². The van der Waals surface area contributed by atoms with Crippen LogP contribution in [0.25, 0.3) is 0 Å². The predicted molar refractivity (Wildman–Crippen MR) is 74.8 cm³/mol. The van der Waals surface area contributed by atoms with Gasteiger partial charge in [-0.25, -0.2) is 0 Å². The monoisotopic (exact) mass is 245 g/mol. The molecular formula is C16H23NO. The third-order valence-corrected chi connectivity index (χ3v) is 4.83. The minimum Gasteiger partial charge on any atom is -0.507 e. The highest BCUT2D eigenvalue weighted by Gasteiger charge is 2.34. The Morgan fingerprint density at radius 3 is 1.72 bits per heavy atom. The Morgan fingerprint density at radius 2 is 1.39 bits per heavy atom. The van der Waals surface area contributed by atoms with E-state index in [0.29, 0.717) is 17.6 Å². The molecule has 2 saturated carbocycles. The Balaban J connectivity index is 1.97. The molecule has 3 N–H and O–H groups in total. The van der Waals surface area contributed by atoms with Gasteiger partial charge in [0, 0.05) is 5.69 Å². The number of rotatable bonds is 4.